The van der Waals surface area contributed by atoms with Crippen LogP contribution in [-0.2, 0) is 4.79 Å². The van der Waals surface area contributed by atoms with E-state index >= 15 is 0 Å². The number of carbonyl (C=O) groups excluding carboxylic acids is 1. The maximum absolute atomic E-state index is 11.2. The zero-order valence-corrected chi connectivity index (χ0v) is 9.76. The summed E-state index contributed by atoms with van der Waals surface area (Å²) in [5, 5.41) is 3.04. The highest BCUT2D eigenvalue weighted by Crippen LogP contribution is 2.22. The van der Waals surface area contributed by atoms with Crippen LogP contribution in [0.15, 0.2) is 16.9 Å². The van der Waals surface area contributed by atoms with Crippen LogP contribution in [0, 0.1) is 0 Å². The Morgan fingerprint density at radius 1 is 1.79 bits per heavy atom. The minimum atomic E-state index is -0.569. The molecule has 0 fully saturated rings. The second kappa shape index (κ2) is 4.72. The quantitative estimate of drug-likeness (QED) is 0.810. The van der Waals surface area contributed by atoms with Crippen molar-refractivity contribution in [1.29, 1.82) is 0 Å². The first-order valence-electron chi connectivity index (χ1n) is 3.88. The zero-order chi connectivity index (χ0) is 10.7. The Morgan fingerprint density at radius 2 is 2.43 bits per heavy atom. The lowest BCUT2D eigenvalue weighted by Gasteiger charge is -2.08. The molecule has 1 aromatic heterocycles. The van der Waals surface area contributed by atoms with E-state index < -0.39 is 6.04 Å². The fraction of sp³-hybridized carbons (Fsp3) is 0.250. The Bertz CT molecular complexity index is 356. The van der Waals surface area contributed by atoms with Gasteiger partial charge in [-0.05, 0) is 28.9 Å². The van der Waals surface area contributed by atoms with Crippen molar-refractivity contribution in [2.24, 2.45) is 5.73 Å². The van der Waals surface area contributed by atoms with Gasteiger partial charge in [-0.1, -0.05) is 11.6 Å². The highest BCUT2D eigenvalue weighted by atomic mass is 79.9. The molecule has 1 rings (SSSR count). The van der Waals surface area contributed by atoms with Crippen molar-refractivity contribution in [1.82, 2.24) is 4.98 Å². The van der Waals surface area contributed by atoms with Gasteiger partial charge in [-0.25, -0.2) is 4.98 Å². The maximum Gasteiger partial charge on any atom is 0.241 e. The van der Waals surface area contributed by atoms with E-state index in [1.807, 2.05) is 0 Å². The predicted molar refractivity (Wildman–Crippen MR) is 59.2 cm³/mol. The van der Waals surface area contributed by atoms with Gasteiger partial charge in [0.05, 0.1) is 16.8 Å². The van der Waals surface area contributed by atoms with Crippen molar-refractivity contribution in [3.63, 3.8) is 0 Å². The van der Waals surface area contributed by atoms with E-state index in [4.69, 9.17) is 17.3 Å². The Kier molecular flexibility index (Phi) is 3.86. The lowest BCUT2D eigenvalue weighted by Crippen LogP contribution is -2.32. The van der Waals surface area contributed by atoms with E-state index in [-0.39, 0.29) is 5.91 Å². The molecule has 76 valence electrons. The molecular formula is C8H9BrClN3O. The van der Waals surface area contributed by atoms with Crippen molar-refractivity contribution >= 4 is 39.1 Å². The summed E-state index contributed by atoms with van der Waals surface area (Å²) in [4.78, 5) is 15.2. The summed E-state index contributed by atoms with van der Waals surface area (Å²) >= 11 is 8.90. The molecule has 0 saturated heterocycles. The molecule has 0 aliphatic carbocycles. The molecule has 0 bridgehead atoms. The Morgan fingerprint density at radius 3 is 3.00 bits per heavy atom. The van der Waals surface area contributed by atoms with Gasteiger partial charge < -0.3 is 11.1 Å². The fourth-order valence-corrected chi connectivity index (χ4v) is 1.23. The number of hydrogen-bond acceptors (Lipinski definition) is 3. The molecule has 0 unspecified atom stereocenters. The van der Waals surface area contributed by atoms with Crippen molar-refractivity contribution in [3.05, 3.63) is 21.9 Å². The normalized spacial score (nSPS) is 12.3. The minimum Gasteiger partial charge on any atom is -0.322 e. The van der Waals surface area contributed by atoms with Gasteiger partial charge in [0.1, 0.15) is 4.60 Å². The average molecular weight is 279 g/mol. The summed E-state index contributed by atoms with van der Waals surface area (Å²) in [6.07, 6.45) is 1.48. The Hall–Kier alpha value is -0.650. The van der Waals surface area contributed by atoms with Crippen LogP contribution in [0.3, 0.4) is 0 Å². The summed E-state index contributed by atoms with van der Waals surface area (Å²) in [5.41, 5.74) is 5.90. The van der Waals surface area contributed by atoms with E-state index in [2.05, 4.69) is 26.2 Å². The number of aromatic nitrogens is 1. The van der Waals surface area contributed by atoms with Gasteiger partial charge in [-0.3, -0.25) is 4.79 Å². The number of hydrogen-bond donors (Lipinski definition) is 2. The van der Waals surface area contributed by atoms with Crippen LogP contribution in [0.4, 0.5) is 5.69 Å². The number of anilines is 1. The van der Waals surface area contributed by atoms with Crippen LogP contribution in [0.25, 0.3) is 0 Å². The first-order valence-corrected chi connectivity index (χ1v) is 5.05. The van der Waals surface area contributed by atoms with Gasteiger partial charge >= 0.3 is 0 Å². The number of rotatable bonds is 2. The monoisotopic (exact) mass is 277 g/mol. The fourth-order valence-electron chi connectivity index (χ4n) is 0.757. The Labute approximate surface area is 95.0 Å². The number of nitrogens with two attached hydrogens (primary N) is 1. The van der Waals surface area contributed by atoms with Crippen LogP contribution in [0.2, 0.25) is 5.02 Å². The first kappa shape index (κ1) is 11.4. The Balaban J connectivity index is 2.86. The molecular weight excluding hydrogens is 269 g/mol. The number of pyridine rings is 1. The van der Waals surface area contributed by atoms with Crippen LogP contribution in [-0.4, -0.2) is 16.9 Å². The third-order valence-electron chi connectivity index (χ3n) is 1.48. The van der Waals surface area contributed by atoms with Crippen molar-refractivity contribution < 1.29 is 4.79 Å². The SMILES string of the molecule is C[C@@H](N)C(=O)Nc1cc(Cl)cnc1Br. The molecule has 0 spiro atoms. The average Bonchev–Trinajstić information content (AvgIpc) is 2.11. The standard InChI is InChI=1S/C8H9BrClN3O/c1-4(11)8(14)13-6-2-5(10)3-12-7(6)9/h2-4H,11H2,1H3,(H,13,14)/t4-/m1/s1. The lowest BCUT2D eigenvalue weighted by atomic mass is 10.3. The summed E-state index contributed by atoms with van der Waals surface area (Å²) in [5.74, 6) is -0.283. The maximum atomic E-state index is 11.2. The van der Waals surface area contributed by atoms with Crippen LogP contribution in [0.5, 0.6) is 0 Å². The predicted octanol–water partition coefficient (Wildman–Crippen LogP) is 1.78. The second-order valence-corrected chi connectivity index (χ2v) is 3.96. The number of amides is 1. The van der Waals surface area contributed by atoms with Crippen LogP contribution in [0.1, 0.15) is 6.92 Å². The lowest BCUT2D eigenvalue weighted by molar-refractivity contribution is -0.117. The molecule has 1 heterocycles. The summed E-state index contributed by atoms with van der Waals surface area (Å²) < 4.78 is 0.524. The van der Waals surface area contributed by atoms with E-state index in [1.165, 1.54) is 6.20 Å². The minimum absolute atomic E-state index is 0.283. The topological polar surface area (TPSA) is 68.0 Å². The third kappa shape index (κ3) is 2.94. The molecule has 14 heavy (non-hydrogen) atoms. The van der Waals surface area contributed by atoms with Gasteiger partial charge in [0, 0.05) is 6.20 Å². The van der Waals surface area contributed by atoms with Crippen molar-refractivity contribution in [2.45, 2.75) is 13.0 Å². The molecule has 0 radical (unpaired) electrons. The summed E-state index contributed by atoms with van der Waals surface area (Å²) in [7, 11) is 0. The second-order valence-electron chi connectivity index (χ2n) is 2.77. The van der Waals surface area contributed by atoms with Crippen LogP contribution >= 0.6 is 27.5 Å². The van der Waals surface area contributed by atoms with Gasteiger partial charge in [0.25, 0.3) is 0 Å². The van der Waals surface area contributed by atoms with E-state index in [0.29, 0.717) is 15.3 Å². The number of nitrogens with one attached hydrogen (secondary N) is 1. The summed E-state index contributed by atoms with van der Waals surface area (Å²) in [6, 6.07) is 1.03. The third-order valence-corrected chi connectivity index (χ3v) is 2.32. The summed E-state index contributed by atoms with van der Waals surface area (Å²) in [6.45, 7) is 1.60. The molecule has 3 N–H and O–H groups in total. The molecule has 6 heteroatoms. The molecule has 1 amide bonds. The zero-order valence-electron chi connectivity index (χ0n) is 7.42. The molecule has 0 saturated carbocycles. The largest absolute Gasteiger partial charge is 0.322 e. The van der Waals surface area contributed by atoms with E-state index in [1.54, 1.807) is 13.0 Å². The highest BCUT2D eigenvalue weighted by molar-refractivity contribution is 9.10. The van der Waals surface area contributed by atoms with Crippen LogP contribution < -0.4 is 11.1 Å². The number of carbonyl (C=O) groups is 1. The molecule has 4 nitrogen and oxygen atoms in total. The smallest absolute Gasteiger partial charge is 0.241 e. The van der Waals surface area contributed by atoms with Crippen molar-refractivity contribution in [2.75, 3.05) is 5.32 Å². The molecule has 0 aromatic carbocycles. The van der Waals surface area contributed by atoms with Gasteiger partial charge in [0.2, 0.25) is 5.91 Å². The number of nitrogens with zero attached hydrogens (tertiary/aromatic N) is 1. The van der Waals surface area contributed by atoms with Gasteiger partial charge in [-0.2, -0.15) is 0 Å². The molecule has 0 aliphatic rings. The number of halogens is 2. The molecule has 1 atom stereocenters. The van der Waals surface area contributed by atoms with Crippen molar-refractivity contribution in [3.8, 4) is 0 Å². The highest BCUT2D eigenvalue weighted by Gasteiger charge is 2.10. The van der Waals surface area contributed by atoms with E-state index in [9.17, 15) is 4.79 Å². The first-order chi connectivity index (χ1) is 6.50. The molecule has 1 aromatic rings. The van der Waals surface area contributed by atoms with Gasteiger partial charge in [-0.15, -0.1) is 0 Å². The molecule has 0 aliphatic heterocycles. The van der Waals surface area contributed by atoms with E-state index in [0.717, 1.165) is 0 Å². The van der Waals surface area contributed by atoms with Gasteiger partial charge in [0.15, 0.2) is 0 Å².